The largest absolute Gasteiger partial charge is 0.496 e. The minimum atomic E-state index is -0.762. The van der Waals surface area contributed by atoms with Crippen LogP contribution in [0.1, 0.15) is 11.1 Å². The van der Waals surface area contributed by atoms with E-state index in [0.717, 1.165) is 12.1 Å². The monoisotopic (exact) mass is 280 g/mol. The standard InChI is InChI=1S/C15H14F2O3/c1-19-14-6-5-10(8-18)7-11(14)9-20-15-12(16)3-2-4-13(15)17/h2-7,18H,8-9H2,1H3. The molecule has 0 aliphatic rings. The summed E-state index contributed by atoms with van der Waals surface area (Å²) in [5.74, 6) is -1.42. The third kappa shape index (κ3) is 3.05. The minimum absolute atomic E-state index is 0.0606. The van der Waals surface area contributed by atoms with Crippen LogP contribution in [-0.4, -0.2) is 12.2 Å². The van der Waals surface area contributed by atoms with Crippen LogP contribution < -0.4 is 9.47 Å². The van der Waals surface area contributed by atoms with Gasteiger partial charge in [0.15, 0.2) is 17.4 Å². The fourth-order valence-corrected chi connectivity index (χ4v) is 1.81. The summed E-state index contributed by atoms with van der Waals surface area (Å²) >= 11 is 0. The Hall–Kier alpha value is -2.14. The van der Waals surface area contributed by atoms with Gasteiger partial charge in [0.25, 0.3) is 0 Å². The third-order valence-corrected chi connectivity index (χ3v) is 2.82. The Morgan fingerprint density at radius 1 is 1.10 bits per heavy atom. The number of benzene rings is 2. The van der Waals surface area contributed by atoms with Crippen LogP contribution in [0.5, 0.6) is 11.5 Å². The van der Waals surface area contributed by atoms with Crippen molar-refractivity contribution < 1.29 is 23.4 Å². The van der Waals surface area contributed by atoms with Gasteiger partial charge in [-0.2, -0.15) is 0 Å². The van der Waals surface area contributed by atoms with Crippen molar-refractivity contribution in [2.75, 3.05) is 7.11 Å². The third-order valence-electron chi connectivity index (χ3n) is 2.82. The number of aliphatic hydroxyl groups excluding tert-OH is 1. The van der Waals surface area contributed by atoms with Crippen molar-refractivity contribution in [2.24, 2.45) is 0 Å². The highest BCUT2D eigenvalue weighted by atomic mass is 19.1. The zero-order valence-corrected chi connectivity index (χ0v) is 10.9. The lowest BCUT2D eigenvalue weighted by atomic mass is 10.1. The summed E-state index contributed by atoms with van der Waals surface area (Å²) in [6.45, 7) is -0.195. The molecule has 0 fully saturated rings. The Balaban J connectivity index is 2.22. The highest BCUT2D eigenvalue weighted by Gasteiger charge is 2.11. The van der Waals surface area contributed by atoms with Crippen molar-refractivity contribution in [3.05, 3.63) is 59.2 Å². The molecule has 0 heterocycles. The molecular weight excluding hydrogens is 266 g/mol. The molecule has 0 saturated heterocycles. The predicted molar refractivity (Wildman–Crippen MR) is 69.6 cm³/mol. The van der Waals surface area contributed by atoms with Gasteiger partial charge in [-0.3, -0.25) is 0 Å². The Morgan fingerprint density at radius 3 is 2.40 bits per heavy atom. The Kier molecular flexibility index (Phi) is 4.53. The van der Waals surface area contributed by atoms with Gasteiger partial charge < -0.3 is 14.6 Å². The summed E-state index contributed by atoms with van der Waals surface area (Å²) < 4.78 is 37.2. The second-order valence-corrected chi connectivity index (χ2v) is 4.14. The molecule has 0 radical (unpaired) electrons. The normalized spacial score (nSPS) is 10.4. The van der Waals surface area contributed by atoms with Crippen LogP contribution in [0.15, 0.2) is 36.4 Å². The predicted octanol–water partition coefficient (Wildman–Crippen LogP) is 3.04. The molecular formula is C15H14F2O3. The topological polar surface area (TPSA) is 38.7 Å². The Morgan fingerprint density at radius 2 is 1.80 bits per heavy atom. The quantitative estimate of drug-likeness (QED) is 0.915. The molecule has 1 N–H and O–H groups in total. The minimum Gasteiger partial charge on any atom is -0.496 e. The first-order chi connectivity index (χ1) is 9.65. The van der Waals surface area contributed by atoms with Crippen LogP contribution >= 0.6 is 0 Å². The number of methoxy groups -OCH3 is 1. The van der Waals surface area contributed by atoms with Crippen LogP contribution in [0.25, 0.3) is 0 Å². The molecule has 3 nitrogen and oxygen atoms in total. The fourth-order valence-electron chi connectivity index (χ4n) is 1.81. The molecule has 20 heavy (non-hydrogen) atoms. The summed E-state index contributed by atoms with van der Waals surface area (Å²) in [7, 11) is 1.49. The first kappa shape index (κ1) is 14.3. The smallest absolute Gasteiger partial charge is 0.191 e. The second kappa shape index (κ2) is 6.34. The van der Waals surface area contributed by atoms with Crippen molar-refractivity contribution in [2.45, 2.75) is 13.2 Å². The van der Waals surface area contributed by atoms with E-state index in [-0.39, 0.29) is 13.2 Å². The molecule has 106 valence electrons. The second-order valence-electron chi connectivity index (χ2n) is 4.14. The van der Waals surface area contributed by atoms with E-state index in [4.69, 9.17) is 14.6 Å². The van der Waals surface area contributed by atoms with E-state index >= 15 is 0 Å². The van der Waals surface area contributed by atoms with E-state index in [9.17, 15) is 8.78 Å². The van der Waals surface area contributed by atoms with E-state index in [1.807, 2.05) is 0 Å². The molecule has 0 amide bonds. The van der Waals surface area contributed by atoms with Crippen LogP contribution in [0, 0.1) is 11.6 Å². The first-order valence-corrected chi connectivity index (χ1v) is 5.99. The zero-order chi connectivity index (χ0) is 14.5. The molecule has 0 spiro atoms. The van der Waals surface area contributed by atoms with Crippen LogP contribution in [0.2, 0.25) is 0 Å². The molecule has 5 heteroatoms. The van der Waals surface area contributed by atoms with Gasteiger partial charge in [0.05, 0.1) is 13.7 Å². The number of hydrogen-bond donors (Lipinski definition) is 1. The van der Waals surface area contributed by atoms with Crippen LogP contribution in [-0.2, 0) is 13.2 Å². The molecule has 0 aliphatic carbocycles. The van der Waals surface area contributed by atoms with Crippen LogP contribution in [0.3, 0.4) is 0 Å². The molecule has 0 aromatic heterocycles. The summed E-state index contributed by atoms with van der Waals surface area (Å²) in [6, 6.07) is 8.55. The van der Waals surface area contributed by atoms with Gasteiger partial charge >= 0.3 is 0 Å². The molecule has 0 atom stereocenters. The van der Waals surface area contributed by atoms with Gasteiger partial charge in [0.2, 0.25) is 0 Å². The van der Waals surface area contributed by atoms with Crippen molar-refractivity contribution in [3.8, 4) is 11.5 Å². The van der Waals surface area contributed by atoms with Crippen molar-refractivity contribution in [1.29, 1.82) is 0 Å². The van der Waals surface area contributed by atoms with Crippen molar-refractivity contribution in [3.63, 3.8) is 0 Å². The molecule has 0 saturated carbocycles. The fraction of sp³-hybridized carbons (Fsp3) is 0.200. The van der Waals surface area contributed by atoms with Gasteiger partial charge in [0, 0.05) is 5.56 Å². The maximum Gasteiger partial charge on any atom is 0.191 e. The van der Waals surface area contributed by atoms with E-state index in [1.54, 1.807) is 18.2 Å². The summed E-state index contributed by atoms with van der Waals surface area (Å²) in [6.07, 6.45) is 0. The summed E-state index contributed by atoms with van der Waals surface area (Å²) in [5.41, 5.74) is 1.26. The molecule has 2 aromatic rings. The van der Waals surface area contributed by atoms with Gasteiger partial charge in [-0.05, 0) is 29.8 Å². The summed E-state index contributed by atoms with van der Waals surface area (Å²) in [5, 5.41) is 9.10. The summed E-state index contributed by atoms with van der Waals surface area (Å²) in [4.78, 5) is 0. The molecule has 0 aliphatic heterocycles. The zero-order valence-electron chi connectivity index (χ0n) is 10.9. The number of rotatable bonds is 5. The number of para-hydroxylation sites is 1. The first-order valence-electron chi connectivity index (χ1n) is 5.99. The number of halogens is 2. The number of hydrogen-bond acceptors (Lipinski definition) is 3. The van der Waals surface area contributed by atoms with E-state index in [1.165, 1.54) is 13.2 Å². The molecule has 0 bridgehead atoms. The Labute approximate surface area is 115 Å². The molecule has 2 aromatic carbocycles. The van der Waals surface area contributed by atoms with Gasteiger partial charge in [-0.1, -0.05) is 12.1 Å². The van der Waals surface area contributed by atoms with Gasteiger partial charge in [-0.15, -0.1) is 0 Å². The average Bonchev–Trinajstić information content (AvgIpc) is 2.46. The maximum atomic E-state index is 13.4. The van der Waals surface area contributed by atoms with E-state index in [0.29, 0.717) is 16.9 Å². The lowest BCUT2D eigenvalue weighted by molar-refractivity contribution is 0.265. The number of aliphatic hydroxyl groups is 1. The van der Waals surface area contributed by atoms with Crippen molar-refractivity contribution >= 4 is 0 Å². The van der Waals surface area contributed by atoms with Crippen molar-refractivity contribution in [1.82, 2.24) is 0 Å². The average molecular weight is 280 g/mol. The van der Waals surface area contributed by atoms with Crippen LogP contribution in [0.4, 0.5) is 8.78 Å². The van der Waals surface area contributed by atoms with Gasteiger partial charge in [-0.25, -0.2) is 8.78 Å². The highest BCUT2D eigenvalue weighted by Crippen LogP contribution is 2.25. The molecule has 0 unspecified atom stereocenters. The SMILES string of the molecule is COc1ccc(CO)cc1COc1c(F)cccc1F. The molecule has 2 rings (SSSR count). The Bertz CT molecular complexity index is 579. The van der Waals surface area contributed by atoms with E-state index < -0.39 is 17.4 Å². The lowest BCUT2D eigenvalue weighted by Crippen LogP contribution is -2.02. The lowest BCUT2D eigenvalue weighted by Gasteiger charge is -2.12. The van der Waals surface area contributed by atoms with Gasteiger partial charge in [0.1, 0.15) is 12.4 Å². The number of ether oxygens (including phenoxy) is 2. The van der Waals surface area contributed by atoms with E-state index in [2.05, 4.69) is 0 Å². The highest BCUT2D eigenvalue weighted by molar-refractivity contribution is 5.37. The maximum absolute atomic E-state index is 13.4.